The second-order valence-electron chi connectivity index (χ2n) is 5.29. The average Bonchev–Trinajstić information content (AvgIpc) is 3.18. The van der Waals surface area contributed by atoms with Gasteiger partial charge in [-0.25, -0.2) is 23.1 Å². The Morgan fingerprint density at radius 3 is 3.00 bits per heavy atom. The van der Waals surface area contributed by atoms with Crippen molar-refractivity contribution < 1.29 is 8.42 Å². The zero-order chi connectivity index (χ0) is 16.3. The summed E-state index contributed by atoms with van der Waals surface area (Å²) in [5.41, 5.74) is 2.04. The van der Waals surface area contributed by atoms with Crippen LogP contribution in [0, 0.1) is 0 Å². The molecule has 0 aliphatic rings. The second kappa shape index (κ2) is 6.51. The van der Waals surface area contributed by atoms with E-state index in [1.54, 1.807) is 6.20 Å². The van der Waals surface area contributed by atoms with Crippen molar-refractivity contribution in [3.8, 4) is 0 Å². The molecule has 0 amide bonds. The Kier molecular flexibility index (Phi) is 4.44. The number of aromatic amines is 1. The number of imidazole rings is 1. The van der Waals surface area contributed by atoms with Crippen molar-refractivity contribution in [2.75, 3.05) is 6.54 Å². The molecular weight excluding hydrogens is 314 g/mol. The van der Waals surface area contributed by atoms with Crippen molar-refractivity contribution in [3.05, 3.63) is 42.6 Å². The van der Waals surface area contributed by atoms with E-state index >= 15 is 0 Å². The van der Waals surface area contributed by atoms with Crippen LogP contribution < -0.4 is 4.72 Å². The van der Waals surface area contributed by atoms with Gasteiger partial charge >= 0.3 is 0 Å². The van der Waals surface area contributed by atoms with Gasteiger partial charge in [-0.3, -0.25) is 0 Å². The van der Waals surface area contributed by atoms with Crippen molar-refractivity contribution >= 4 is 21.1 Å². The molecule has 0 saturated carbocycles. The number of aryl methyl sites for hydroxylation is 1. The fourth-order valence-electron chi connectivity index (χ4n) is 2.59. The van der Waals surface area contributed by atoms with Crippen molar-refractivity contribution in [1.82, 2.24) is 24.2 Å². The van der Waals surface area contributed by atoms with Crippen LogP contribution in [-0.2, 0) is 23.0 Å². The van der Waals surface area contributed by atoms with Crippen LogP contribution in [0.25, 0.3) is 11.0 Å². The highest BCUT2D eigenvalue weighted by Crippen LogP contribution is 2.20. The Morgan fingerprint density at radius 1 is 1.39 bits per heavy atom. The Bertz CT molecular complexity index is 884. The van der Waals surface area contributed by atoms with Crippen LogP contribution in [0.15, 0.2) is 42.1 Å². The van der Waals surface area contributed by atoms with Crippen LogP contribution >= 0.6 is 0 Å². The number of fused-ring (bicyclic) bond motifs is 1. The summed E-state index contributed by atoms with van der Waals surface area (Å²) in [4.78, 5) is 10.8. The molecule has 0 atom stereocenters. The summed E-state index contributed by atoms with van der Waals surface area (Å²) in [6.07, 6.45) is 8.10. The van der Waals surface area contributed by atoms with Crippen molar-refractivity contribution in [2.24, 2.45) is 0 Å². The molecule has 0 bridgehead atoms. The summed E-state index contributed by atoms with van der Waals surface area (Å²) in [5.74, 6) is 0. The number of H-pyrrole nitrogens is 1. The standard InChI is InChI=1S/C15H19N5O2S/c1-2-8-20-10-12(13-4-3-6-17-15(13)20)5-7-19-23(21,22)14-9-16-11-18-14/h3-4,6,9-11,19H,2,5,7-8H2,1H3,(H,16,18). The van der Waals surface area contributed by atoms with Crippen LogP contribution in [0.5, 0.6) is 0 Å². The molecule has 0 spiro atoms. The van der Waals surface area contributed by atoms with E-state index in [2.05, 4.69) is 37.4 Å². The number of hydrogen-bond acceptors (Lipinski definition) is 4. The topological polar surface area (TPSA) is 92.7 Å². The van der Waals surface area contributed by atoms with Crippen LogP contribution in [0.4, 0.5) is 0 Å². The summed E-state index contributed by atoms with van der Waals surface area (Å²) < 4.78 is 28.8. The molecule has 122 valence electrons. The van der Waals surface area contributed by atoms with Gasteiger partial charge in [-0.1, -0.05) is 6.92 Å². The minimum Gasteiger partial charge on any atom is -0.335 e. The highest BCUT2D eigenvalue weighted by molar-refractivity contribution is 7.89. The Balaban J connectivity index is 1.75. The first kappa shape index (κ1) is 15.7. The van der Waals surface area contributed by atoms with Gasteiger partial charge in [0.25, 0.3) is 10.0 Å². The maximum absolute atomic E-state index is 12.1. The summed E-state index contributed by atoms with van der Waals surface area (Å²) in [7, 11) is -3.53. The van der Waals surface area contributed by atoms with Gasteiger partial charge < -0.3 is 9.55 Å². The quantitative estimate of drug-likeness (QED) is 0.688. The predicted octanol–water partition coefficient (Wildman–Crippen LogP) is 1.69. The van der Waals surface area contributed by atoms with Gasteiger partial charge in [0.05, 0.1) is 12.5 Å². The van der Waals surface area contributed by atoms with E-state index in [0.717, 1.165) is 29.6 Å². The average molecular weight is 333 g/mol. The van der Waals surface area contributed by atoms with Gasteiger partial charge in [0.1, 0.15) is 5.65 Å². The van der Waals surface area contributed by atoms with Gasteiger partial charge in [0.2, 0.25) is 0 Å². The van der Waals surface area contributed by atoms with E-state index in [4.69, 9.17) is 0 Å². The third-order valence-electron chi connectivity index (χ3n) is 3.63. The lowest BCUT2D eigenvalue weighted by Crippen LogP contribution is -2.26. The molecule has 8 heteroatoms. The normalized spacial score (nSPS) is 12.0. The summed E-state index contributed by atoms with van der Waals surface area (Å²) in [5, 5.41) is 1.15. The molecule has 7 nitrogen and oxygen atoms in total. The molecule has 0 aliphatic heterocycles. The van der Waals surface area contributed by atoms with Crippen LogP contribution in [-0.4, -0.2) is 34.5 Å². The summed E-state index contributed by atoms with van der Waals surface area (Å²) in [6.45, 7) is 3.34. The molecule has 0 saturated heterocycles. The predicted molar refractivity (Wildman–Crippen MR) is 87.5 cm³/mol. The van der Waals surface area contributed by atoms with Gasteiger partial charge in [-0.15, -0.1) is 0 Å². The number of pyridine rings is 1. The number of nitrogens with zero attached hydrogens (tertiary/aromatic N) is 3. The Morgan fingerprint density at radius 2 is 2.26 bits per heavy atom. The van der Waals surface area contributed by atoms with E-state index in [-0.39, 0.29) is 5.03 Å². The van der Waals surface area contributed by atoms with Crippen molar-refractivity contribution in [2.45, 2.75) is 31.3 Å². The molecular formula is C15H19N5O2S. The van der Waals surface area contributed by atoms with Crippen LogP contribution in [0.2, 0.25) is 0 Å². The van der Waals surface area contributed by atoms with Crippen molar-refractivity contribution in [3.63, 3.8) is 0 Å². The van der Waals surface area contributed by atoms with Crippen LogP contribution in [0.3, 0.4) is 0 Å². The lowest BCUT2D eigenvalue weighted by molar-refractivity contribution is 0.578. The molecule has 3 aromatic heterocycles. The molecule has 0 unspecified atom stereocenters. The number of hydrogen-bond donors (Lipinski definition) is 2. The molecule has 3 heterocycles. The number of nitrogens with one attached hydrogen (secondary N) is 2. The van der Waals surface area contributed by atoms with Gasteiger partial charge in [-0.05, 0) is 30.5 Å². The first-order chi connectivity index (χ1) is 11.1. The SMILES string of the molecule is CCCn1cc(CCNS(=O)(=O)c2cnc[nH]2)c2cccnc21. The van der Waals surface area contributed by atoms with E-state index in [1.807, 2.05) is 12.1 Å². The minimum atomic E-state index is -3.53. The molecule has 2 N–H and O–H groups in total. The summed E-state index contributed by atoms with van der Waals surface area (Å²) in [6, 6.07) is 3.92. The third kappa shape index (κ3) is 3.27. The maximum Gasteiger partial charge on any atom is 0.257 e. The smallest absolute Gasteiger partial charge is 0.257 e. The van der Waals surface area contributed by atoms with E-state index in [0.29, 0.717) is 13.0 Å². The van der Waals surface area contributed by atoms with E-state index < -0.39 is 10.0 Å². The first-order valence-corrected chi connectivity index (χ1v) is 9.01. The molecule has 0 fully saturated rings. The molecule has 0 aromatic carbocycles. The highest BCUT2D eigenvalue weighted by atomic mass is 32.2. The number of aromatic nitrogens is 4. The van der Waals surface area contributed by atoms with Gasteiger partial charge in [-0.2, -0.15) is 0 Å². The Hall–Kier alpha value is -2.19. The fraction of sp³-hybridized carbons (Fsp3) is 0.333. The number of sulfonamides is 1. The van der Waals surface area contributed by atoms with E-state index in [9.17, 15) is 8.42 Å². The summed E-state index contributed by atoms with van der Waals surface area (Å²) >= 11 is 0. The van der Waals surface area contributed by atoms with Gasteiger partial charge in [0, 0.05) is 30.9 Å². The number of rotatable bonds is 7. The molecule has 23 heavy (non-hydrogen) atoms. The molecule has 0 radical (unpaired) electrons. The molecule has 3 aromatic rings. The lowest BCUT2D eigenvalue weighted by Gasteiger charge is -2.04. The molecule has 3 rings (SSSR count). The maximum atomic E-state index is 12.1. The van der Waals surface area contributed by atoms with E-state index in [1.165, 1.54) is 12.5 Å². The zero-order valence-electron chi connectivity index (χ0n) is 12.9. The monoisotopic (exact) mass is 333 g/mol. The minimum absolute atomic E-state index is 0.0765. The second-order valence-corrected chi connectivity index (χ2v) is 7.02. The van der Waals surface area contributed by atoms with Crippen molar-refractivity contribution in [1.29, 1.82) is 0 Å². The lowest BCUT2D eigenvalue weighted by atomic mass is 10.2. The zero-order valence-corrected chi connectivity index (χ0v) is 13.7. The van der Waals surface area contributed by atoms with Crippen LogP contribution in [0.1, 0.15) is 18.9 Å². The third-order valence-corrected chi connectivity index (χ3v) is 5.02. The largest absolute Gasteiger partial charge is 0.335 e. The molecule has 0 aliphatic carbocycles. The first-order valence-electron chi connectivity index (χ1n) is 7.52. The highest BCUT2D eigenvalue weighted by Gasteiger charge is 2.15. The van der Waals surface area contributed by atoms with Gasteiger partial charge in [0.15, 0.2) is 5.03 Å². The Labute approximate surface area is 134 Å². The fourth-order valence-corrected chi connectivity index (χ4v) is 3.53.